The Hall–Kier alpha value is -1.97. The summed E-state index contributed by atoms with van der Waals surface area (Å²) >= 11 is 0. The van der Waals surface area contributed by atoms with Crippen LogP contribution < -0.4 is 5.32 Å². The van der Waals surface area contributed by atoms with Crippen LogP contribution in [0.1, 0.15) is 17.0 Å². The predicted octanol–water partition coefficient (Wildman–Crippen LogP) is 3.59. The van der Waals surface area contributed by atoms with Crippen LogP contribution in [-0.4, -0.2) is 4.98 Å². The zero-order valence-electron chi connectivity index (χ0n) is 10.3. The third-order valence-electron chi connectivity index (χ3n) is 2.63. The molecule has 0 bridgehead atoms. The van der Waals surface area contributed by atoms with Gasteiger partial charge in [-0.25, -0.2) is 8.78 Å². The summed E-state index contributed by atoms with van der Waals surface area (Å²) < 4.78 is 26.0. The number of nitrogens with one attached hydrogen (secondary N) is 1. The molecule has 2 rings (SSSR count). The fraction of sp³-hybridized carbons (Fsp3) is 0.214. The van der Waals surface area contributed by atoms with Crippen molar-refractivity contribution in [1.29, 1.82) is 0 Å². The monoisotopic (exact) mass is 248 g/mol. The summed E-state index contributed by atoms with van der Waals surface area (Å²) in [6.45, 7) is 4.17. The Bertz CT molecular complexity index is 547. The summed E-state index contributed by atoms with van der Waals surface area (Å²) in [6.07, 6.45) is 0. The van der Waals surface area contributed by atoms with Crippen LogP contribution in [0.3, 0.4) is 0 Å². The quantitative estimate of drug-likeness (QED) is 0.897. The third-order valence-corrected chi connectivity index (χ3v) is 2.63. The zero-order valence-corrected chi connectivity index (χ0v) is 10.3. The van der Waals surface area contributed by atoms with Crippen molar-refractivity contribution in [2.45, 2.75) is 20.4 Å². The fourth-order valence-electron chi connectivity index (χ4n) is 1.78. The maximum Gasteiger partial charge on any atom is 0.126 e. The number of aryl methyl sites for hydroxylation is 2. The van der Waals surface area contributed by atoms with Gasteiger partial charge in [0.1, 0.15) is 11.6 Å². The molecule has 1 heterocycles. The number of benzene rings is 1. The highest BCUT2D eigenvalue weighted by atomic mass is 19.1. The standard InChI is InChI=1S/C14H14F2N2/c1-9-3-4-14(10(2)18-9)17-8-11-5-12(15)7-13(16)6-11/h3-7,17H,8H2,1-2H3. The van der Waals surface area contributed by atoms with Crippen molar-refractivity contribution in [3.63, 3.8) is 0 Å². The van der Waals surface area contributed by atoms with Crippen LogP contribution in [0, 0.1) is 25.5 Å². The SMILES string of the molecule is Cc1ccc(NCc2cc(F)cc(F)c2)c(C)n1. The number of rotatable bonds is 3. The molecule has 0 atom stereocenters. The minimum atomic E-state index is -0.564. The van der Waals surface area contributed by atoms with Crippen LogP contribution in [-0.2, 0) is 6.54 Å². The van der Waals surface area contributed by atoms with E-state index in [1.807, 2.05) is 26.0 Å². The Kier molecular flexibility index (Phi) is 3.55. The topological polar surface area (TPSA) is 24.9 Å². The van der Waals surface area contributed by atoms with Crippen molar-refractivity contribution in [2.24, 2.45) is 0 Å². The maximum atomic E-state index is 13.0. The van der Waals surface area contributed by atoms with Gasteiger partial charge in [0.15, 0.2) is 0 Å². The first-order valence-corrected chi connectivity index (χ1v) is 5.68. The van der Waals surface area contributed by atoms with Gasteiger partial charge in [0.25, 0.3) is 0 Å². The molecule has 18 heavy (non-hydrogen) atoms. The van der Waals surface area contributed by atoms with E-state index < -0.39 is 11.6 Å². The van der Waals surface area contributed by atoms with Gasteiger partial charge in [0.05, 0.1) is 11.4 Å². The van der Waals surface area contributed by atoms with Gasteiger partial charge in [0.2, 0.25) is 0 Å². The minimum absolute atomic E-state index is 0.361. The zero-order chi connectivity index (χ0) is 13.1. The Morgan fingerprint density at radius 3 is 2.33 bits per heavy atom. The van der Waals surface area contributed by atoms with Crippen LogP contribution in [0.2, 0.25) is 0 Å². The van der Waals surface area contributed by atoms with E-state index in [9.17, 15) is 8.78 Å². The predicted molar refractivity (Wildman–Crippen MR) is 67.4 cm³/mol. The van der Waals surface area contributed by atoms with E-state index in [1.165, 1.54) is 12.1 Å². The number of pyridine rings is 1. The summed E-state index contributed by atoms with van der Waals surface area (Å²) in [5.41, 5.74) is 3.24. The van der Waals surface area contributed by atoms with Crippen LogP contribution in [0.5, 0.6) is 0 Å². The molecule has 0 aliphatic heterocycles. The second-order valence-electron chi connectivity index (χ2n) is 4.22. The van der Waals surface area contributed by atoms with Gasteiger partial charge >= 0.3 is 0 Å². The molecule has 0 amide bonds. The van der Waals surface area contributed by atoms with E-state index in [-0.39, 0.29) is 0 Å². The Morgan fingerprint density at radius 1 is 1.06 bits per heavy atom. The highest BCUT2D eigenvalue weighted by molar-refractivity contribution is 5.48. The van der Waals surface area contributed by atoms with Gasteiger partial charge in [-0.2, -0.15) is 0 Å². The minimum Gasteiger partial charge on any atom is -0.379 e. The lowest BCUT2D eigenvalue weighted by Gasteiger charge is -2.09. The van der Waals surface area contributed by atoms with Crippen LogP contribution in [0.15, 0.2) is 30.3 Å². The Balaban J connectivity index is 2.11. The molecule has 94 valence electrons. The Labute approximate surface area is 105 Å². The molecule has 0 spiro atoms. The Morgan fingerprint density at radius 2 is 1.72 bits per heavy atom. The van der Waals surface area contributed by atoms with Gasteiger partial charge in [-0.1, -0.05) is 0 Å². The van der Waals surface area contributed by atoms with Crippen LogP contribution >= 0.6 is 0 Å². The number of hydrogen-bond acceptors (Lipinski definition) is 2. The molecule has 0 aliphatic rings. The van der Waals surface area contributed by atoms with E-state index in [0.717, 1.165) is 23.1 Å². The highest BCUT2D eigenvalue weighted by Gasteiger charge is 2.02. The van der Waals surface area contributed by atoms with Gasteiger partial charge in [0, 0.05) is 18.3 Å². The highest BCUT2D eigenvalue weighted by Crippen LogP contribution is 2.15. The average Bonchev–Trinajstić information content (AvgIpc) is 2.26. The summed E-state index contributed by atoms with van der Waals surface area (Å²) in [7, 11) is 0. The van der Waals surface area contributed by atoms with Gasteiger partial charge < -0.3 is 5.32 Å². The van der Waals surface area contributed by atoms with Gasteiger partial charge in [-0.05, 0) is 43.7 Å². The lowest BCUT2D eigenvalue weighted by atomic mass is 10.2. The molecule has 0 saturated carbocycles. The molecule has 0 aliphatic carbocycles. The first kappa shape index (κ1) is 12.5. The molecule has 1 aromatic heterocycles. The first-order valence-electron chi connectivity index (χ1n) is 5.68. The number of halogens is 2. The smallest absolute Gasteiger partial charge is 0.126 e. The summed E-state index contributed by atoms with van der Waals surface area (Å²) in [6, 6.07) is 7.29. The van der Waals surface area contributed by atoms with Crippen LogP contribution in [0.4, 0.5) is 14.5 Å². The van der Waals surface area contributed by atoms with Crippen molar-refractivity contribution in [1.82, 2.24) is 4.98 Å². The summed E-state index contributed by atoms with van der Waals surface area (Å²) in [5.74, 6) is -1.13. The summed E-state index contributed by atoms with van der Waals surface area (Å²) in [4.78, 5) is 4.31. The van der Waals surface area contributed by atoms with E-state index in [1.54, 1.807) is 0 Å². The third kappa shape index (κ3) is 3.03. The second kappa shape index (κ2) is 5.12. The van der Waals surface area contributed by atoms with Crippen LogP contribution in [0.25, 0.3) is 0 Å². The molecular formula is C14H14F2N2. The second-order valence-corrected chi connectivity index (χ2v) is 4.22. The molecule has 0 radical (unpaired) electrons. The van der Waals surface area contributed by atoms with Crippen molar-refractivity contribution >= 4 is 5.69 Å². The first-order chi connectivity index (χ1) is 8.54. The number of hydrogen-bond donors (Lipinski definition) is 1. The van der Waals surface area contributed by atoms with Crippen molar-refractivity contribution in [2.75, 3.05) is 5.32 Å². The molecular weight excluding hydrogens is 234 g/mol. The normalized spacial score (nSPS) is 10.4. The fourth-order valence-corrected chi connectivity index (χ4v) is 1.78. The number of anilines is 1. The van der Waals surface area contributed by atoms with Gasteiger partial charge in [-0.15, -0.1) is 0 Å². The van der Waals surface area contributed by atoms with E-state index in [2.05, 4.69) is 10.3 Å². The van der Waals surface area contributed by atoms with E-state index in [4.69, 9.17) is 0 Å². The van der Waals surface area contributed by atoms with Crippen molar-refractivity contribution in [3.05, 3.63) is 58.9 Å². The number of aromatic nitrogens is 1. The lowest BCUT2D eigenvalue weighted by molar-refractivity contribution is 0.580. The number of nitrogens with zero attached hydrogens (tertiary/aromatic N) is 1. The molecule has 2 aromatic rings. The molecule has 1 aromatic carbocycles. The van der Waals surface area contributed by atoms with Gasteiger partial charge in [-0.3, -0.25) is 4.98 Å². The average molecular weight is 248 g/mol. The van der Waals surface area contributed by atoms with Crippen molar-refractivity contribution in [3.8, 4) is 0 Å². The molecule has 2 nitrogen and oxygen atoms in total. The molecule has 4 heteroatoms. The molecule has 0 unspecified atom stereocenters. The van der Waals surface area contributed by atoms with Crippen molar-refractivity contribution < 1.29 is 8.78 Å². The van der Waals surface area contributed by atoms with E-state index in [0.29, 0.717) is 12.1 Å². The molecule has 1 N–H and O–H groups in total. The maximum absolute atomic E-state index is 13.0. The lowest BCUT2D eigenvalue weighted by Crippen LogP contribution is -2.03. The molecule has 0 saturated heterocycles. The molecule has 0 fully saturated rings. The summed E-state index contributed by atoms with van der Waals surface area (Å²) in [5, 5.41) is 3.12. The van der Waals surface area contributed by atoms with E-state index >= 15 is 0 Å². The largest absolute Gasteiger partial charge is 0.379 e.